The summed E-state index contributed by atoms with van der Waals surface area (Å²) in [5, 5.41) is 6.12. The van der Waals surface area contributed by atoms with Gasteiger partial charge in [-0.3, -0.25) is 23.3 Å². The predicted molar refractivity (Wildman–Crippen MR) is 232 cm³/mol. The minimum atomic E-state index is -0.00741. The normalized spacial score (nSPS) is 12.9. The fourth-order valence-electron chi connectivity index (χ4n) is 10.5. The van der Waals surface area contributed by atoms with Crippen molar-refractivity contribution >= 4 is 88.9 Å². The van der Waals surface area contributed by atoms with Crippen LogP contribution < -0.4 is 16.4 Å². The molecule has 8 heterocycles. The second kappa shape index (κ2) is 10.5. The Bertz CT molecular complexity index is 3470. The molecule has 12 aromatic rings. The molecule has 0 bridgehead atoms. The highest BCUT2D eigenvalue weighted by atomic mass is 15.2. The van der Waals surface area contributed by atoms with E-state index >= 15 is 0 Å². The van der Waals surface area contributed by atoms with Gasteiger partial charge in [-0.25, -0.2) is 9.97 Å². The molecular weight excluding hydrogens is 697 g/mol. The molecular formula is C49H28BN7. The highest BCUT2D eigenvalue weighted by Crippen LogP contribution is 2.45. The first-order valence-electron chi connectivity index (χ1n) is 19.4. The smallest absolute Gasteiger partial charge is 0.252 e. The summed E-state index contributed by atoms with van der Waals surface area (Å²) in [6, 6.07) is 54.9. The zero-order valence-corrected chi connectivity index (χ0v) is 30.4. The van der Waals surface area contributed by atoms with Crippen LogP contribution in [-0.2, 0) is 0 Å². The van der Waals surface area contributed by atoms with Crippen molar-refractivity contribution in [1.29, 1.82) is 0 Å². The maximum absolute atomic E-state index is 5.08. The predicted octanol–water partition coefficient (Wildman–Crippen LogP) is 8.76. The summed E-state index contributed by atoms with van der Waals surface area (Å²) in [5.74, 6) is 0.693. The lowest BCUT2D eigenvalue weighted by Crippen LogP contribution is -2.59. The minimum Gasteiger partial charge on any atom is -0.296 e. The van der Waals surface area contributed by atoms with E-state index in [4.69, 9.17) is 15.0 Å². The first kappa shape index (κ1) is 29.6. The SMILES string of the molecule is c1ccc(-n2c3ccccc3c3c4cccc5c4n(c32)-c2cc(-c3ncccn3)cc3c2B5c2cccc4c5c6ncccc6n(-c6ccccc6)c5n-3c24)cc1. The van der Waals surface area contributed by atoms with Gasteiger partial charge in [-0.15, -0.1) is 0 Å². The van der Waals surface area contributed by atoms with Gasteiger partial charge in [-0.05, 0) is 77.1 Å². The van der Waals surface area contributed by atoms with Crippen molar-refractivity contribution < 1.29 is 0 Å². The van der Waals surface area contributed by atoms with Gasteiger partial charge in [0.2, 0.25) is 0 Å². The van der Waals surface area contributed by atoms with Gasteiger partial charge in [0.25, 0.3) is 6.71 Å². The van der Waals surface area contributed by atoms with E-state index in [0.717, 1.165) is 56.0 Å². The van der Waals surface area contributed by atoms with E-state index in [1.807, 2.05) is 30.7 Å². The molecule has 0 saturated heterocycles. The van der Waals surface area contributed by atoms with Gasteiger partial charge in [0.1, 0.15) is 11.3 Å². The second-order valence-electron chi connectivity index (χ2n) is 15.2. The number of fused-ring (bicyclic) bond motifs is 14. The summed E-state index contributed by atoms with van der Waals surface area (Å²) in [4.78, 5) is 14.8. The van der Waals surface area contributed by atoms with E-state index in [2.05, 4.69) is 158 Å². The van der Waals surface area contributed by atoms with Crippen LogP contribution in [0.4, 0.5) is 0 Å². The molecule has 7 nitrogen and oxygen atoms in total. The lowest BCUT2D eigenvalue weighted by Gasteiger charge is -2.34. The molecule has 0 atom stereocenters. The van der Waals surface area contributed by atoms with Crippen molar-refractivity contribution in [1.82, 2.24) is 33.2 Å². The van der Waals surface area contributed by atoms with Gasteiger partial charge in [-0.2, -0.15) is 0 Å². The van der Waals surface area contributed by atoms with Crippen LogP contribution in [0.15, 0.2) is 170 Å². The van der Waals surface area contributed by atoms with Crippen molar-refractivity contribution in [3.8, 4) is 34.1 Å². The Hall–Kier alpha value is -7.71. The third-order valence-corrected chi connectivity index (χ3v) is 12.5. The lowest BCUT2D eigenvalue weighted by atomic mass is 9.34. The van der Waals surface area contributed by atoms with Gasteiger partial charge in [0, 0.05) is 68.4 Å². The number of aromatic nitrogens is 7. The highest BCUT2D eigenvalue weighted by Gasteiger charge is 2.43. The van der Waals surface area contributed by atoms with E-state index in [9.17, 15) is 0 Å². The Morgan fingerprint density at radius 1 is 0.421 bits per heavy atom. The molecule has 0 unspecified atom stereocenters. The van der Waals surface area contributed by atoms with Crippen LogP contribution in [0.1, 0.15) is 0 Å². The van der Waals surface area contributed by atoms with Crippen molar-refractivity contribution in [2.45, 2.75) is 0 Å². The molecule has 14 rings (SSSR count). The summed E-state index contributed by atoms with van der Waals surface area (Å²) in [5.41, 5.74) is 17.3. The van der Waals surface area contributed by atoms with Crippen LogP contribution in [0, 0.1) is 0 Å². The third kappa shape index (κ3) is 3.57. The summed E-state index contributed by atoms with van der Waals surface area (Å²) in [7, 11) is 0. The largest absolute Gasteiger partial charge is 0.296 e. The standard InChI is InChI=1S/C49H28BN7/c1-3-13-30(14-4-1)54-37-22-8-7-17-32(37)41-33-18-9-20-35-45(33)56(48(41)54)39-27-29(47-52-25-12-26-53-47)28-40-43(39)50(35)36-21-10-19-34-42-44-38(23-11-24-51-44)55(31-15-5-2-6-16-31)49(42)57(40)46(34)36/h1-28H. The molecule has 0 N–H and O–H groups in total. The summed E-state index contributed by atoms with van der Waals surface area (Å²) >= 11 is 0. The quantitative estimate of drug-likeness (QED) is 0.171. The Morgan fingerprint density at radius 2 is 0.965 bits per heavy atom. The molecule has 8 heteroatoms. The molecule has 262 valence electrons. The summed E-state index contributed by atoms with van der Waals surface area (Å²) in [6.07, 6.45) is 5.60. The van der Waals surface area contributed by atoms with Crippen molar-refractivity contribution in [2.75, 3.05) is 0 Å². The van der Waals surface area contributed by atoms with Crippen LogP contribution >= 0.6 is 0 Å². The molecule has 2 aliphatic heterocycles. The first-order valence-corrected chi connectivity index (χ1v) is 19.4. The van der Waals surface area contributed by atoms with Gasteiger partial charge in [0.15, 0.2) is 5.82 Å². The topological polar surface area (TPSA) is 58.4 Å². The minimum absolute atomic E-state index is 0.00741. The number of benzene rings is 6. The van der Waals surface area contributed by atoms with Crippen LogP contribution in [0.3, 0.4) is 0 Å². The number of hydrogen-bond acceptors (Lipinski definition) is 3. The molecule has 6 aromatic heterocycles. The molecule has 57 heavy (non-hydrogen) atoms. The van der Waals surface area contributed by atoms with E-state index in [1.54, 1.807) is 0 Å². The fraction of sp³-hybridized carbons (Fsp3) is 0. The van der Waals surface area contributed by atoms with Crippen LogP contribution in [0.2, 0.25) is 0 Å². The number of para-hydroxylation sites is 5. The molecule has 0 fully saturated rings. The maximum atomic E-state index is 5.08. The van der Waals surface area contributed by atoms with Crippen molar-refractivity contribution in [3.05, 3.63) is 170 Å². The Kier molecular flexibility index (Phi) is 5.47. The number of pyridine rings is 1. The average molecular weight is 726 g/mol. The van der Waals surface area contributed by atoms with Gasteiger partial charge in [0.05, 0.1) is 33.0 Å². The molecule has 6 aromatic carbocycles. The molecule has 2 aliphatic rings. The first-order chi connectivity index (χ1) is 28.3. The van der Waals surface area contributed by atoms with Crippen molar-refractivity contribution in [3.63, 3.8) is 0 Å². The molecule has 0 radical (unpaired) electrons. The van der Waals surface area contributed by atoms with Gasteiger partial charge < -0.3 is 0 Å². The number of rotatable bonds is 3. The number of hydrogen-bond donors (Lipinski definition) is 0. The van der Waals surface area contributed by atoms with Crippen LogP contribution in [0.25, 0.3) is 99.9 Å². The molecule has 0 amide bonds. The second-order valence-corrected chi connectivity index (χ2v) is 15.2. The highest BCUT2D eigenvalue weighted by molar-refractivity contribution is 7.00. The lowest BCUT2D eigenvalue weighted by molar-refractivity contribution is 1.05. The number of nitrogens with zero attached hydrogens (tertiary/aromatic N) is 7. The van der Waals surface area contributed by atoms with E-state index in [0.29, 0.717) is 5.82 Å². The van der Waals surface area contributed by atoms with E-state index in [1.165, 1.54) is 54.5 Å². The maximum Gasteiger partial charge on any atom is 0.252 e. The molecule has 0 spiro atoms. The fourth-order valence-corrected chi connectivity index (χ4v) is 10.5. The van der Waals surface area contributed by atoms with Crippen molar-refractivity contribution in [2.24, 2.45) is 0 Å². The van der Waals surface area contributed by atoms with E-state index in [-0.39, 0.29) is 6.71 Å². The zero-order chi connectivity index (χ0) is 36.9. The Balaban J connectivity index is 1.24. The van der Waals surface area contributed by atoms with Gasteiger partial charge >= 0.3 is 0 Å². The van der Waals surface area contributed by atoms with Gasteiger partial charge in [-0.1, -0.05) is 91.0 Å². The van der Waals surface area contributed by atoms with Crippen LogP contribution in [0.5, 0.6) is 0 Å². The van der Waals surface area contributed by atoms with E-state index < -0.39 is 0 Å². The average Bonchev–Trinajstić information content (AvgIpc) is 4.00. The summed E-state index contributed by atoms with van der Waals surface area (Å²) < 4.78 is 9.93. The Morgan fingerprint density at radius 3 is 1.65 bits per heavy atom. The summed E-state index contributed by atoms with van der Waals surface area (Å²) in [6.45, 7) is -0.00741. The monoisotopic (exact) mass is 725 g/mol. The molecule has 0 aliphatic carbocycles. The third-order valence-electron chi connectivity index (χ3n) is 12.5. The Labute approximate surface area is 325 Å². The molecule has 0 saturated carbocycles. The van der Waals surface area contributed by atoms with Crippen LogP contribution in [-0.4, -0.2) is 39.9 Å². The zero-order valence-electron chi connectivity index (χ0n) is 30.4.